The van der Waals surface area contributed by atoms with Gasteiger partial charge in [0, 0.05) is 5.56 Å². The van der Waals surface area contributed by atoms with Crippen molar-refractivity contribution in [3.8, 4) is 5.75 Å². The van der Waals surface area contributed by atoms with E-state index in [0.29, 0.717) is 5.75 Å². The van der Waals surface area contributed by atoms with Crippen molar-refractivity contribution in [2.24, 2.45) is 0 Å². The van der Waals surface area contributed by atoms with E-state index in [1.165, 1.54) is 15.9 Å². The zero-order valence-electron chi connectivity index (χ0n) is 22.9. The molecule has 0 saturated carbocycles. The molecular formula is C39H27O2P. The van der Waals surface area contributed by atoms with E-state index in [0.717, 1.165) is 32.8 Å². The molecule has 1 aliphatic carbocycles. The van der Waals surface area contributed by atoms with Crippen LogP contribution in [0.2, 0.25) is 0 Å². The molecule has 1 heterocycles. The molecule has 200 valence electrons. The zero-order chi connectivity index (χ0) is 28.1. The molecule has 1 atom stereocenters. The van der Waals surface area contributed by atoms with Crippen molar-refractivity contribution in [1.29, 1.82) is 0 Å². The molecule has 0 N–H and O–H groups in total. The van der Waals surface area contributed by atoms with Gasteiger partial charge in [-0.15, -0.1) is 0 Å². The summed E-state index contributed by atoms with van der Waals surface area (Å²) in [7, 11) is 0. The molecule has 2 aliphatic rings. The second kappa shape index (κ2) is 9.58. The predicted molar refractivity (Wildman–Crippen MR) is 176 cm³/mol. The largest absolute Gasteiger partial charge is 0.425 e. The van der Waals surface area contributed by atoms with E-state index in [9.17, 15) is 4.79 Å². The van der Waals surface area contributed by atoms with Gasteiger partial charge in [-0.25, -0.2) is 4.79 Å². The van der Waals surface area contributed by atoms with Crippen LogP contribution in [0.3, 0.4) is 0 Å². The maximum absolute atomic E-state index is 14.5. The Kier molecular flexibility index (Phi) is 5.67. The van der Waals surface area contributed by atoms with Crippen molar-refractivity contribution in [3.05, 3.63) is 175 Å². The van der Waals surface area contributed by atoms with Crippen LogP contribution in [0.25, 0.3) is 16.3 Å². The van der Waals surface area contributed by atoms with E-state index in [2.05, 4.69) is 140 Å². The maximum atomic E-state index is 14.5. The van der Waals surface area contributed by atoms with Crippen molar-refractivity contribution in [1.82, 2.24) is 0 Å². The molecule has 1 spiro atoms. The molecule has 2 nitrogen and oxygen atoms in total. The Morgan fingerprint density at radius 1 is 0.524 bits per heavy atom. The number of ether oxygens (including phenoxy) is 1. The third kappa shape index (κ3) is 3.36. The molecule has 6 aromatic rings. The van der Waals surface area contributed by atoms with E-state index in [-0.39, 0.29) is 5.97 Å². The van der Waals surface area contributed by atoms with Gasteiger partial charge in [-0.1, -0.05) is 152 Å². The molecule has 0 radical (unpaired) electrons. The van der Waals surface area contributed by atoms with Crippen LogP contribution in [-0.4, -0.2) is 11.3 Å². The lowest BCUT2D eigenvalue weighted by Crippen LogP contribution is -2.51. The Morgan fingerprint density at radius 3 is 1.60 bits per heavy atom. The quantitative estimate of drug-likeness (QED) is 0.129. The Hall–Kier alpha value is -4.91. The molecule has 6 aromatic carbocycles. The molecule has 0 fully saturated rings. The lowest BCUT2D eigenvalue weighted by molar-refractivity contribution is -0.134. The minimum atomic E-state index is -2.62. The van der Waals surface area contributed by atoms with Crippen LogP contribution < -0.4 is 20.7 Å². The smallest absolute Gasteiger partial charge is 0.330 e. The maximum Gasteiger partial charge on any atom is 0.330 e. The summed E-state index contributed by atoms with van der Waals surface area (Å²) >= 11 is 0. The molecule has 8 rings (SSSR count). The molecule has 3 heteroatoms. The second-order valence-corrected chi connectivity index (χ2v) is 14.1. The highest BCUT2D eigenvalue weighted by Crippen LogP contribution is 2.62. The van der Waals surface area contributed by atoms with Gasteiger partial charge in [-0.05, 0) is 62.1 Å². The number of benzene rings is 6. The van der Waals surface area contributed by atoms with E-state index in [1.807, 2.05) is 24.3 Å². The van der Waals surface area contributed by atoms with Crippen LogP contribution in [0.15, 0.2) is 164 Å². The number of hydrogen-bond acceptors (Lipinski definition) is 2. The fraction of sp³-hybridized carbons (Fsp3) is 0.0256. The van der Waals surface area contributed by atoms with E-state index in [1.54, 1.807) is 0 Å². The summed E-state index contributed by atoms with van der Waals surface area (Å²) in [4.78, 5) is 14.5. The van der Waals surface area contributed by atoms with Crippen molar-refractivity contribution >= 4 is 50.4 Å². The molecule has 1 unspecified atom stereocenters. The van der Waals surface area contributed by atoms with E-state index in [4.69, 9.17) is 4.74 Å². The van der Waals surface area contributed by atoms with Gasteiger partial charge < -0.3 is 4.74 Å². The summed E-state index contributed by atoms with van der Waals surface area (Å²) in [6, 6.07) is 55.1. The first-order chi connectivity index (χ1) is 20.7. The minimum absolute atomic E-state index is 0.226. The average Bonchev–Trinajstić information content (AvgIpc) is 3.37. The number of carbonyl (C=O) groups excluding carboxylic acids is 1. The summed E-state index contributed by atoms with van der Waals surface area (Å²) in [6.07, 6.45) is 2.18. The highest BCUT2D eigenvalue weighted by molar-refractivity contribution is 7.96. The number of allylic oxidation sites excluding steroid dienone is 1. The van der Waals surface area contributed by atoms with E-state index < -0.39 is 12.3 Å². The fourth-order valence-corrected chi connectivity index (χ4v) is 11.8. The Bertz CT molecular complexity index is 1960. The third-order valence-electron chi connectivity index (χ3n) is 8.65. The Balaban J connectivity index is 1.65. The summed E-state index contributed by atoms with van der Waals surface area (Å²) in [5.41, 5.74) is 2.13. The monoisotopic (exact) mass is 558 g/mol. The van der Waals surface area contributed by atoms with Gasteiger partial charge >= 0.3 is 5.97 Å². The highest BCUT2D eigenvalue weighted by atomic mass is 31.2. The molecule has 0 amide bonds. The van der Waals surface area contributed by atoms with Crippen LogP contribution >= 0.6 is 6.89 Å². The van der Waals surface area contributed by atoms with Gasteiger partial charge in [-0.2, -0.15) is 0 Å². The van der Waals surface area contributed by atoms with Gasteiger partial charge in [0.1, 0.15) is 11.2 Å². The molecule has 0 bridgehead atoms. The summed E-state index contributed by atoms with van der Waals surface area (Å²) < 4.78 is 6.20. The predicted octanol–water partition coefficient (Wildman–Crippen LogP) is 7.26. The minimum Gasteiger partial charge on any atom is -0.425 e. The van der Waals surface area contributed by atoms with Gasteiger partial charge in [0.25, 0.3) is 0 Å². The summed E-state index contributed by atoms with van der Waals surface area (Å²) in [5.74, 6) is 0.419. The standard InChI is InChI=1S/C39H27O2P/c40-38-39(36-33-24-14-13-17-29(33)25-26-35(36)41-38)27-34(28-15-5-1-6-16-28)37(39)42(30-18-7-2-8-19-30,31-20-9-3-10-21-31)32-22-11-4-12-23-32/h1-27H. The van der Waals surface area contributed by atoms with Crippen LogP contribution in [0.5, 0.6) is 5.75 Å². The van der Waals surface area contributed by atoms with Crippen molar-refractivity contribution in [2.75, 3.05) is 0 Å². The Labute approximate surface area is 245 Å². The fourth-order valence-electron chi connectivity index (χ4n) is 6.93. The first kappa shape index (κ1) is 24.9. The summed E-state index contributed by atoms with van der Waals surface area (Å²) in [6.45, 7) is -2.62. The number of esters is 1. The zero-order valence-corrected chi connectivity index (χ0v) is 23.7. The van der Waals surface area contributed by atoms with Crippen molar-refractivity contribution in [3.63, 3.8) is 0 Å². The van der Waals surface area contributed by atoms with Crippen LogP contribution in [0.4, 0.5) is 0 Å². The second-order valence-electron chi connectivity index (χ2n) is 10.8. The molecular weight excluding hydrogens is 531 g/mol. The first-order valence-corrected chi connectivity index (χ1v) is 16.0. The van der Waals surface area contributed by atoms with Gasteiger partial charge in [-0.3, -0.25) is 0 Å². The lowest BCUT2D eigenvalue weighted by atomic mass is 9.64. The molecule has 0 aromatic heterocycles. The van der Waals surface area contributed by atoms with Crippen LogP contribution in [0.1, 0.15) is 11.1 Å². The average molecular weight is 559 g/mol. The number of rotatable bonds is 4. The number of hydrogen-bond donors (Lipinski definition) is 0. The SMILES string of the molecule is O=C1Oc2ccc3ccccc3c2C12C=C(c1ccccc1)C2=P(c1ccccc1)(c1ccccc1)c1ccccc1. The summed E-state index contributed by atoms with van der Waals surface area (Å²) in [5, 5.41) is 6.90. The third-order valence-corrected chi connectivity index (χ3v) is 13.1. The molecule has 42 heavy (non-hydrogen) atoms. The van der Waals surface area contributed by atoms with Crippen LogP contribution in [-0.2, 0) is 10.2 Å². The van der Waals surface area contributed by atoms with E-state index >= 15 is 0 Å². The first-order valence-electron chi connectivity index (χ1n) is 14.2. The van der Waals surface area contributed by atoms with Gasteiger partial charge in [0.05, 0.1) is 0 Å². The molecule has 1 aliphatic heterocycles. The topological polar surface area (TPSA) is 26.3 Å². The number of fused-ring (bicyclic) bond motifs is 4. The normalized spacial score (nSPS) is 17.5. The van der Waals surface area contributed by atoms with Gasteiger partial charge in [0.15, 0.2) is 0 Å². The Morgan fingerprint density at radius 2 is 1.02 bits per heavy atom. The van der Waals surface area contributed by atoms with Crippen molar-refractivity contribution in [2.45, 2.75) is 5.41 Å². The van der Waals surface area contributed by atoms with Gasteiger partial charge in [0.2, 0.25) is 0 Å². The van der Waals surface area contributed by atoms with Crippen molar-refractivity contribution < 1.29 is 9.53 Å². The van der Waals surface area contributed by atoms with Crippen LogP contribution in [0, 0.1) is 0 Å². The molecule has 0 saturated heterocycles. The lowest BCUT2D eigenvalue weighted by Gasteiger charge is -2.45. The number of carbonyl (C=O) groups is 1. The highest BCUT2D eigenvalue weighted by Gasteiger charge is 2.60.